The smallest absolute Gasteiger partial charge is 0.169 e. The first kappa shape index (κ1) is 11.7. The Morgan fingerprint density at radius 3 is 2.67 bits per heavy atom. The first-order chi connectivity index (χ1) is 8.64. The van der Waals surface area contributed by atoms with E-state index in [1.165, 1.54) is 5.56 Å². The number of likely N-dealkylation sites (tertiary alicyclic amines) is 1. The first-order valence-corrected chi connectivity index (χ1v) is 6.55. The summed E-state index contributed by atoms with van der Waals surface area (Å²) < 4.78 is 5.25. The summed E-state index contributed by atoms with van der Waals surface area (Å²) in [5.74, 6) is 1.21. The highest BCUT2D eigenvalue weighted by atomic mass is 16.5. The van der Waals surface area contributed by atoms with Crippen molar-refractivity contribution in [1.82, 2.24) is 4.90 Å². The fraction of sp³-hybridized carbons (Fsp3) is 0.533. The molecule has 1 spiro atoms. The Morgan fingerprint density at radius 1 is 1.28 bits per heavy atom. The standard InChI is InChI=1S/C15H19NO2/c1-16-7-5-15(6-8-16)10-11-9-12(18-2)3-4-13(11)14(15)17/h3-4,9H,5-8,10H2,1-2H3. The number of benzene rings is 1. The summed E-state index contributed by atoms with van der Waals surface area (Å²) >= 11 is 0. The zero-order valence-corrected chi connectivity index (χ0v) is 11.0. The van der Waals surface area contributed by atoms with Gasteiger partial charge in [0.25, 0.3) is 0 Å². The van der Waals surface area contributed by atoms with Gasteiger partial charge in [0, 0.05) is 11.0 Å². The lowest BCUT2D eigenvalue weighted by molar-refractivity contribution is 0.0671. The van der Waals surface area contributed by atoms with E-state index in [2.05, 4.69) is 11.9 Å². The van der Waals surface area contributed by atoms with Crippen LogP contribution >= 0.6 is 0 Å². The number of carbonyl (C=O) groups excluding carboxylic acids is 1. The van der Waals surface area contributed by atoms with Gasteiger partial charge in [-0.25, -0.2) is 0 Å². The van der Waals surface area contributed by atoms with Gasteiger partial charge in [-0.2, -0.15) is 0 Å². The third-order valence-corrected chi connectivity index (χ3v) is 4.51. The molecule has 3 rings (SSSR count). The minimum atomic E-state index is -0.124. The summed E-state index contributed by atoms with van der Waals surface area (Å²) in [6.45, 7) is 2.05. The fourth-order valence-corrected chi connectivity index (χ4v) is 3.25. The Hall–Kier alpha value is -1.35. The van der Waals surface area contributed by atoms with Crippen LogP contribution in [0, 0.1) is 5.41 Å². The van der Waals surface area contributed by atoms with Crippen LogP contribution in [-0.2, 0) is 6.42 Å². The number of ketones is 1. The molecular formula is C15H19NO2. The molecule has 0 unspecified atom stereocenters. The van der Waals surface area contributed by atoms with Crippen LogP contribution in [0.5, 0.6) is 5.75 Å². The number of piperidine rings is 1. The second-order valence-electron chi connectivity index (χ2n) is 5.61. The average molecular weight is 245 g/mol. The highest BCUT2D eigenvalue weighted by molar-refractivity contribution is 6.05. The number of ether oxygens (including phenoxy) is 1. The summed E-state index contributed by atoms with van der Waals surface area (Å²) in [6.07, 6.45) is 2.87. The summed E-state index contributed by atoms with van der Waals surface area (Å²) in [5, 5.41) is 0. The van der Waals surface area contributed by atoms with Crippen LogP contribution in [0.25, 0.3) is 0 Å². The van der Waals surface area contributed by atoms with Gasteiger partial charge in [-0.05, 0) is 63.2 Å². The molecule has 18 heavy (non-hydrogen) atoms. The molecule has 1 aliphatic carbocycles. The lowest BCUT2D eigenvalue weighted by atomic mass is 9.75. The van der Waals surface area contributed by atoms with Crippen LogP contribution in [0.4, 0.5) is 0 Å². The Kier molecular flexibility index (Phi) is 2.67. The van der Waals surface area contributed by atoms with Crippen molar-refractivity contribution in [3.63, 3.8) is 0 Å². The molecule has 0 aromatic heterocycles. The molecule has 1 heterocycles. The van der Waals surface area contributed by atoms with Crippen LogP contribution in [0.2, 0.25) is 0 Å². The summed E-state index contributed by atoms with van der Waals surface area (Å²) in [6, 6.07) is 5.86. The van der Waals surface area contributed by atoms with Gasteiger partial charge in [-0.15, -0.1) is 0 Å². The summed E-state index contributed by atoms with van der Waals surface area (Å²) in [7, 11) is 3.80. The Labute approximate surface area is 108 Å². The van der Waals surface area contributed by atoms with E-state index < -0.39 is 0 Å². The molecule has 1 aliphatic heterocycles. The SMILES string of the molecule is COc1ccc2c(c1)CC1(CCN(C)CC1)C2=O. The number of hydrogen-bond donors (Lipinski definition) is 0. The predicted octanol–water partition coefficient (Wildman–Crippen LogP) is 2.15. The minimum Gasteiger partial charge on any atom is -0.497 e. The van der Waals surface area contributed by atoms with E-state index >= 15 is 0 Å². The van der Waals surface area contributed by atoms with Crippen LogP contribution in [0.3, 0.4) is 0 Å². The maximum atomic E-state index is 12.6. The van der Waals surface area contributed by atoms with E-state index in [0.29, 0.717) is 5.78 Å². The Bertz CT molecular complexity index is 487. The van der Waals surface area contributed by atoms with E-state index in [1.54, 1.807) is 7.11 Å². The van der Waals surface area contributed by atoms with Crippen LogP contribution < -0.4 is 4.74 Å². The average Bonchev–Trinajstić information content (AvgIpc) is 2.66. The highest BCUT2D eigenvalue weighted by Gasteiger charge is 2.46. The Balaban J connectivity index is 1.93. The maximum Gasteiger partial charge on any atom is 0.169 e. The molecule has 1 saturated heterocycles. The van der Waals surface area contributed by atoms with Crippen molar-refractivity contribution in [1.29, 1.82) is 0 Å². The maximum absolute atomic E-state index is 12.6. The number of hydrogen-bond acceptors (Lipinski definition) is 3. The minimum absolute atomic E-state index is 0.124. The molecule has 0 atom stereocenters. The van der Waals surface area contributed by atoms with E-state index in [1.807, 2.05) is 18.2 Å². The van der Waals surface area contributed by atoms with Gasteiger partial charge in [0.1, 0.15) is 5.75 Å². The first-order valence-electron chi connectivity index (χ1n) is 6.55. The van der Waals surface area contributed by atoms with Crippen molar-refractivity contribution in [3.05, 3.63) is 29.3 Å². The summed E-state index contributed by atoms with van der Waals surface area (Å²) in [4.78, 5) is 14.9. The van der Waals surface area contributed by atoms with Crippen LogP contribution in [0.15, 0.2) is 18.2 Å². The number of Topliss-reactive ketones (excluding diaryl/α,β-unsaturated/α-hetero) is 1. The van der Waals surface area contributed by atoms with Crippen molar-refractivity contribution in [2.75, 3.05) is 27.2 Å². The zero-order valence-electron chi connectivity index (χ0n) is 11.0. The number of rotatable bonds is 1. The molecule has 2 aliphatic rings. The van der Waals surface area contributed by atoms with Crippen molar-refractivity contribution >= 4 is 5.78 Å². The Morgan fingerprint density at radius 2 is 2.00 bits per heavy atom. The molecule has 0 N–H and O–H groups in total. The van der Waals surface area contributed by atoms with Gasteiger partial charge >= 0.3 is 0 Å². The molecule has 0 radical (unpaired) electrons. The second-order valence-corrected chi connectivity index (χ2v) is 5.61. The molecule has 1 aromatic rings. The molecule has 1 aromatic carbocycles. The zero-order chi connectivity index (χ0) is 12.8. The number of carbonyl (C=O) groups is 1. The van der Waals surface area contributed by atoms with Crippen molar-refractivity contribution in [3.8, 4) is 5.75 Å². The van der Waals surface area contributed by atoms with Crippen molar-refractivity contribution in [2.45, 2.75) is 19.3 Å². The lowest BCUT2D eigenvalue weighted by Gasteiger charge is -2.36. The molecule has 0 bridgehead atoms. The molecule has 3 nitrogen and oxygen atoms in total. The molecule has 0 amide bonds. The van der Waals surface area contributed by atoms with Gasteiger partial charge in [0.15, 0.2) is 5.78 Å². The van der Waals surface area contributed by atoms with Gasteiger partial charge in [0.05, 0.1) is 7.11 Å². The van der Waals surface area contributed by atoms with E-state index in [9.17, 15) is 4.79 Å². The van der Waals surface area contributed by atoms with Crippen molar-refractivity contribution < 1.29 is 9.53 Å². The molecule has 1 fully saturated rings. The van der Waals surface area contributed by atoms with E-state index in [0.717, 1.165) is 43.7 Å². The quantitative estimate of drug-likeness (QED) is 0.759. The fourth-order valence-electron chi connectivity index (χ4n) is 3.25. The highest BCUT2D eigenvalue weighted by Crippen LogP contribution is 2.45. The van der Waals surface area contributed by atoms with Gasteiger partial charge in [-0.3, -0.25) is 4.79 Å². The number of methoxy groups -OCH3 is 1. The normalized spacial score (nSPS) is 22.2. The molecule has 3 heteroatoms. The largest absolute Gasteiger partial charge is 0.497 e. The lowest BCUT2D eigenvalue weighted by Crippen LogP contribution is -2.41. The third-order valence-electron chi connectivity index (χ3n) is 4.51. The predicted molar refractivity (Wildman–Crippen MR) is 70.2 cm³/mol. The molecule has 96 valence electrons. The summed E-state index contributed by atoms with van der Waals surface area (Å²) in [5.41, 5.74) is 1.96. The molecule has 0 saturated carbocycles. The van der Waals surface area contributed by atoms with Crippen molar-refractivity contribution in [2.24, 2.45) is 5.41 Å². The topological polar surface area (TPSA) is 29.5 Å². The van der Waals surface area contributed by atoms with Crippen LogP contribution in [0.1, 0.15) is 28.8 Å². The van der Waals surface area contributed by atoms with Crippen LogP contribution in [-0.4, -0.2) is 37.9 Å². The second kappa shape index (κ2) is 4.09. The monoisotopic (exact) mass is 245 g/mol. The van der Waals surface area contributed by atoms with Gasteiger partial charge < -0.3 is 9.64 Å². The molecular weight excluding hydrogens is 226 g/mol. The number of nitrogens with zero attached hydrogens (tertiary/aromatic N) is 1. The third kappa shape index (κ3) is 1.65. The van der Waals surface area contributed by atoms with E-state index in [4.69, 9.17) is 4.74 Å². The van der Waals surface area contributed by atoms with E-state index in [-0.39, 0.29) is 5.41 Å². The van der Waals surface area contributed by atoms with Gasteiger partial charge in [0.2, 0.25) is 0 Å². The van der Waals surface area contributed by atoms with Gasteiger partial charge in [-0.1, -0.05) is 0 Å². The number of fused-ring (bicyclic) bond motifs is 1.